The van der Waals surface area contributed by atoms with Gasteiger partial charge in [-0.2, -0.15) is 0 Å². The zero-order valence-electron chi connectivity index (χ0n) is 11.8. The molecule has 0 spiro atoms. The molecule has 2 atom stereocenters. The summed E-state index contributed by atoms with van der Waals surface area (Å²) in [5.74, 6) is 0.265. The number of carbonyl (C=O) groups excluding carboxylic acids is 1. The minimum atomic E-state index is 0.265. The minimum absolute atomic E-state index is 0.265. The molecule has 5 heteroatoms. The van der Waals surface area contributed by atoms with Gasteiger partial charge in [-0.25, -0.2) is 0 Å². The van der Waals surface area contributed by atoms with Crippen LogP contribution < -0.4 is 5.32 Å². The molecule has 2 aliphatic rings. The first-order chi connectivity index (χ1) is 9.61. The Bertz CT molecular complexity index is 478. The molecule has 3 nitrogen and oxygen atoms in total. The van der Waals surface area contributed by atoms with E-state index in [1.54, 1.807) is 11.3 Å². The summed E-state index contributed by atoms with van der Waals surface area (Å²) in [7, 11) is 1.97. The molecule has 3 heterocycles. The van der Waals surface area contributed by atoms with E-state index in [1.807, 2.05) is 24.1 Å². The number of rotatable bonds is 4. The van der Waals surface area contributed by atoms with Gasteiger partial charge >= 0.3 is 0 Å². The van der Waals surface area contributed by atoms with Crippen molar-refractivity contribution >= 4 is 28.8 Å². The molecule has 3 rings (SSSR count). The first kappa shape index (κ1) is 14.4. The first-order valence-corrected chi connectivity index (χ1v) is 8.57. The fourth-order valence-electron chi connectivity index (χ4n) is 3.44. The van der Waals surface area contributed by atoms with E-state index in [1.165, 1.54) is 17.7 Å². The van der Waals surface area contributed by atoms with Crippen molar-refractivity contribution in [1.82, 2.24) is 10.2 Å². The second-order valence-corrected chi connectivity index (χ2v) is 7.77. The van der Waals surface area contributed by atoms with E-state index in [9.17, 15) is 4.79 Å². The lowest BCUT2D eigenvalue weighted by Gasteiger charge is -2.35. The SMILES string of the molecule is CN(C(=O)CCc1ccc(Cl)s1)C1CC2CCC(C1)N2. The van der Waals surface area contributed by atoms with Gasteiger partial charge in [0.1, 0.15) is 0 Å². The number of amides is 1. The van der Waals surface area contributed by atoms with Crippen LogP contribution in [0.4, 0.5) is 0 Å². The topological polar surface area (TPSA) is 32.3 Å². The molecule has 110 valence electrons. The molecular weight excluding hydrogens is 292 g/mol. The van der Waals surface area contributed by atoms with Gasteiger partial charge in [0.2, 0.25) is 5.91 Å². The standard InChI is InChI=1S/C15H21ClN2OS/c1-18(12-8-10-2-3-11(9-12)17-10)15(19)7-5-13-4-6-14(16)20-13/h4,6,10-12,17H,2-3,5,7-9H2,1H3. The highest BCUT2D eigenvalue weighted by molar-refractivity contribution is 7.16. The van der Waals surface area contributed by atoms with Gasteiger partial charge < -0.3 is 10.2 Å². The number of aryl methyl sites for hydroxylation is 1. The summed E-state index contributed by atoms with van der Waals surface area (Å²) in [6.45, 7) is 0. The third-order valence-corrected chi connectivity index (χ3v) is 5.89. The quantitative estimate of drug-likeness (QED) is 0.926. The van der Waals surface area contributed by atoms with Crippen molar-refractivity contribution in [1.29, 1.82) is 0 Å². The van der Waals surface area contributed by atoms with E-state index in [0.29, 0.717) is 24.5 Å². The van der Waals surface area contributed by atoms with Gasteiger partial charge in [0.15, 0.2) is 0 Å². The van der Waals surface area contributed by atoms with E-state index >= 15 is 0 Å². The minimum Gasteiger partial charge on any atom is -0.343 e. The highest BCUT2D eigenvalue weighted by Gasteiger charge is 2.36. The van der Waals surface area contributed by atoms with Crippen molar-refractivity contribution in [2.45, 2.75) is 56.7 Å². The Morgan fingerprint density at radius 1 is 1.40 bits per heavy atom. The maximum Gasteiger partial charge on any atom is 0.222 e. The van der Waals surface area contributed by atoms with E-state index in [2.05, 4.69) is 5.32 Å². The van der Waals surface area contributed by atoms with Crippen LogP contribution in [0.25, 0.3) is 0 Å². The molecule has 1 amide bonds. The molecule has 20 heavy (non-hydrogen) atoms. The van der Waals surface area contributed by atoms with Crippen LogP contribution in [0, 0.1) is 0 Å². The molecule has 0 aromatic carbocycles. The van der Waals surface area contributed by atoms with Gasteiger partial charge in [0, 0.05) is 36.5 Å². The summed E-state index contributed by atoms with van der Waals surface area (Å²) in [6.07, 6.45) is 6.17. The summed E-state index contributed by atoms with van der Waals surface area (Å²) in [5.41, 5.74) is 0. The third kappa shape index (κ3) is 3.18. The number of carbonyl (C=O) groups is 1. The lowest BCUT2D eigenvalue weighted by molar-refractivity contribution is -0.132. The van der Waals surface area contributed by atoms with Crippen molar-refractivity contribution < 1.29 is 4.79 Å². The van der Waals surface area contributed by atoms with Crippen LogP contribution in [0.2, 0.25) is 4.34 Å². The molecule has 0 radical (unpaired) electrons. The van der Waals surface area contributed by atoms with Gasteiger partial charge in [0.05, 0.1) is 4.34 Å². The molecule has 2 aliphatic heterocycles. The van der Waals surface area contributed by atoms with Gasteiger partial charge in [0.25, 0.3) is 0 Å². The molecule has 2 saturated heterocycles. The number of halogens is 1. The van der Waals surface area contributed by atoms with Crippen molar-refractivity contribution in [3.63, 3.8) is 0 Å². The van der Waals surface area contributed by atoms with Crippen molar-refractivity contribution in [3.8, 4) is 0 Å². The number of fused-ring (bicyclic) bond motifs is 2. The molecule has 2 fully saturated rings. The van der Waals surface area contributed by atoms with Crippen LogP contribution in [0.5, 0.6) is 0 Å². The van der Waals surface area contributed by atoms with Crippen LogP contribution in [-0.4, -0.2) is 36.0 Å². The number of nitrogens with zero attached hydrogens (tertiary/aromatic N) is 1. The molecular formula is C15H21ClN2OS. The average Bonchev–Trinajstić information content (AvgIpc) is 3.01. The van der Waals surface area contributed by atoms with Crippen LogP contribution >= 0.6 is 22.9 Å². The molecule has 1 aromatic heterocycles. The lowest BCUT2D eigenvalue weighted by atomic mass is 9.98. The largest absolute Gasteiger partial charge is 0.343 e. The smallest absolute Gasteiger partial charge is 0.222 e. The first-order valence-electron chi connectivity index (χ1n) is 7.38. The van der Waals surface area contributed by atoms with Gasteiger partial charge in [-0.3, -0.25) is 4.79 Å². The summed E-state index contributed by atoms with van der Waals surface area (Å²) < 4.78 is 0.802. The number of hydrogen-bond acceptors (Lipinski definition) is 3. The van der Waals surface area contributed by atoms with Crippen molar-refractivity contribution in [3.05, 3.63) is 21.3 Å². The Morgan fingerprint density at radius 2 is 2.10 bits per heavy atom. The predicted octanol–water partition coefficient (Wildman–Crippen LogP) is 3.08. The Balaban J connectivity index is 1.51. The number of thiophene rings is 1. The lowest BCUT2D eigenvalue weighted by Crippen LogP contribution is -2.48. The normalized spacial score (nSPS) is 28.6. The Hall–Kier alpha value is -0.580. The van der Waals surface area contributed by atoms with Crippen molar-refractivity contribution in [2.24, 2.45) is 0 Å². The second-order valence-electron chi connectivity index (χ2n) is 5.97. The maximum atomic E-state index is 12.3. The number of nitrogens with one attached hydrogen (secondary N) is 1. The predicted molar refractivity (Wildman–Crippen MR) is 83.4 cm³/mol. The maximum absolute atomic E-state index is 12.3. The molecule has 2 unspecified atom stereocenters. The Morgan fingerprint density at radius 3 is 2.70 bits per heavy atom. The number of hydrogen-bond donors (Lipinski definition) is 1. The summed E-state index contributed by atoms with van der Waals surface area (Å²) in [5, 5.41) is 3.62. The highest BCUT2D eigenvalue weighted by atomic mass is 35.5. The fraction of sp³-hybridized carbons (Fsp3) is 0.667. The zero-order valence-corrected chi connectivity index (χ0v) is 13.3. The highest BCUT2D eigenvalue weighted by Crippen LogP contribution is 2.29. The zero-order chi connectivity index (χ0) is 14.1. The van der Waals surface area contributed by atoms with E-state index in [-0.39, 0.29) is 5.91 Å². The van der Waals surface area contributed by atoms with Crippen LogP contribution in [-0.2, 0) is 11.2 Å². The van der Waals surface area contributed by atoms with E-state index < -0.39 is 0 Å². The molecule has 0 saturated carbocycles. The van der Waals surface area contributed by atoms with Crippen molar-refractivity contribution in [2.75, 3.05) is 7.05 Å². The van der Waals surface area contributed by atoms with E-state index in [0.717, 1.165) is 23.6 Å². The van der Waals surface area contributed by atoms with Crippen LogP contribution in [0.3, 0.4) is 0 Å². The second kappa shape index (κ2) is 6.04. The van der Waals surface area contributed by atoms with Crippen LogP contribution in [0.15, 0.2) is 12.1 Å². The monoisotopic (exact) mass is 312 g/mol. The summed E-state index contributed by atoms with van der Waals surface area (Å²) in [6, 6.07) is 5.61. The van der Waals surface area contributed by atoms with Gasteiger partial charge in [-0.15, -0.1) is 11.3 Å². The van der Waals surface area contributed by atoms with Gasteiger partial charge in [-0.05, 0) is 44.2 Å². The Kier molecular flexibility index (Phi) is 4.34. The summed E-state index contributed by atoms with van der Waals surface area (Å²) in [4.78, 5) is 15.5. The third-order valence-electron chi connectivity index (χ3n) is 4.60. The molecule has 0 aliphatic carbocycles. The molecule has 1 N–H and O–H groups in total. The van der Waals surface area contributed by atoms with E-state index in [4.69, 9.17) is 11.6 Å². The molecule has 2 bridgehead atoms. The van der Waals surface area contributed by atoms with Gasteiger partial charge in [-0.1, -0.05) is 11.6 Å². The average molecular weight is 313 g/mol. The number of piperidine rings is 1. The Labute approximate surface area is 129 Å². The molecule has 1 aromatic rings. The fourth-order valence-corrected chi connectivity index (χ4v) is 4.53. The van der Waals surface area contributed by atoms with Crippen LogP contribution in [0.1, 0.15) is 37.0 Å². The summed E-state index contributed by atoms with van der Waals surface area (Å²) >= 11 is 7.49.